The Morgan fingerprint density at radius 3 is 2.36 bits per heavy atom. The molecule has 4 saturated carbocycles. The quantitative estimate of drug-likeness (QED) is 0.181. The monoisotopic (exact) mass is 660 g/mol. The molecule has 0 aromatic carbocycles. The summed E-state index contributed by atoms with van der Waals surface area (Å²) in [5.41, 5.74) is -0.534. The molecule has 2 spiro atoms. The van der Waals surface area contributed by atoms with Gasteiger partial charge in [-0.2, -0.15) is 0 Å². The molecule has 5 aliphatic carbocycles. The Morgan fingerprint density at radius 2 is 1.72 bits per heavy atom. The molecule has 10 nitrogen and oxygen atoms in total. The van der Waals surface area contributed by atoms with Crippen LogP contribution in [0.4, 0.5) is 0 Å². The van der Waals surface area contributed by atoms with Crippen LogP contribution in [0.25, 0.3) is 0 Å². The van der Waals surface area contributed by atoms with Gasteiger partial charge in [-0.1, -0.05) is 46.3 Å². The molecule has 0 aromatic rings. The number of hydrogen-bond acceptors (Lipinski definition) is 10. The number of epoxide rings is 1. The standard InChI is InChI=1S/C37H56O10/c1-18(15-21(45-19(2)38)30-33(5,6)47-30)25-27(41)29(43)35(8)23-10-9-22-32(3,4)24(46-31-28(42)26(40)20(39)16-44-31)11-12-36(22)17-37(23,36)14-13-34(25,35)7/h10,18,20-22,24-26,28-31,39-40,42-43H,9,11-17H2,1-8H3/t18-,20+,21-,22?,24+,25+,26+,28-,29+,30+,31+,34-,35-,36-,37+/m1/s1. The van der Waals surface area contributed by atoms with E-state index < -0.39 is 47.6 Å². The smallest absolute Gasteiger partial charge is 0.302 e. The van der Waals surface area contributed by atoms with E-state index in [1.807, 2.05) is 13.8 Å². The summed E-state index contributed by atoms with van der Waals surface area (Å²) >= 11 is 0. The molecular formula is C37H56O10. The van der Waals surface area contributed by atoms with Gasteiger partial charge in [0.25, 0.3) is 0 Å². The van der Waals surface area contributed by atoms with Crippen molar-refractivity contribution in [2.24, 2.45) is 44.8 Å². The molecule has 15 atom stereocenters. The van der Waals surface area contributed by atoms with Crippen molar-refractivity contribution in [3.63, 3.8) is 0 Å². The summed E-state index contributed by atoms with van der Waals surface area (Å²) in [7, 11) is 0. The predicted molar refractivity (Wildman–Crippen MR) is 170 cm³/mol. The third kappa shape index (κ3) is 4.47. The average Bonchev–Trinajstić information content (AvgIpc) is 3.84. The van der Waals surface area contributed by atoms with Gasteiger partial charge in [-0.3, -0.25) is 9.59 Å². The van der Waals surface area contributed by atoms with Gasteiger partial charge in [0.1, 0.15) is 36.6 Å². The van der Waals surface area contributed by atoms with Gasteiger partial charge in [0.05, 0.1) is 18.3 Å². The van der Waals surface area contributed by atoms with Crippen LogP contribution in [-0.4, -0.2) is 93.4 Å². The third-order valence-electron chi connectivity index (χ3n) is 15.0. The zero-order valence-corrected chi connectivity index (χ0v) is 29.3. The van der Waals surface area contributed by atoms with Gasteiger partial charge in [0.15, 0.2) is 12.1 Å². The van der Waals surface area contributed by atoms with E-state index in [9.17, 15) is 30.0 Å². The van der Waals surface area contributed by atoms with E-state index in [2.05, 4.69) is 40.7 Å². The Balaban J connectivity index is 1.15. The summed E-state index contributed by atoms with van der Waals surface area (Å²) in [6.07, 6.45) is 1.49. The van der Waals surface area contributed by atoms with Crippen molar-refractivity contribution in [2.75, 3.05) is 6.61 Å². The maximum Gasteiger partial charge on any atom is 0.302 e. The summed E-state index contributed by atoms with van der Waals surface area (Å²) in [6.45, 7) is 16.2. The van der Waals surface area contributed by atoms with E-state index >= 15 is 0 Å². The van der Waals surface area contributed by atoms with E-state index in [4.69, 9.17) is 18.9 Å². The number of ether oxygens (including phenoxy) is 4. The number of aliphatic hydroxyl groups is 4. The molecule has 7 aliphatic rings. The number of aliphatic hydroxyl groups excluding tert-OH is 4. The van der Waals surface area contributed by atoms with Crippen LogP contribution < -0.4 is 0 Å². The molecule has 4 N–H and O–H groups in total. The van der Waals surface area contributed by atoms with Gasteiger partial charge < -0.3 is 39.4 Å². The van der Waals surface area contributed by atoms with Crippen molar-refractivity contribution in [2.45, 2.75) is 155 Å². The number of allylic oxidation sites excluding steroid dienone is 1. The van der Waals surface area contributed by atoms with Crippen LogP contribution in [0.5, 0.6) is 0 Å². The van der Waals surface area contributed by atoms with Gasteiger partial charge in [-0.15, -0.1) is 0 Å². The second-order valence-electron chi connectivity index (χ2n) is 18.0. The number of hydrogen-bond donors (Lipinski definition) is 4. The highest BCUT2D eigenvalue weighted by molar-refractivity contribution is 5.91. The highest BCUT2D eigenvalue weighted by Gasteiger charge is 2.82. The van der Waals surface area contributed by atoms with E-state index in [1.165, 1.54) is 12.5 Å². The zero-order valence-electron chi connectivity index (χ0n) is 29.3. The molecule has 10 heteroatoms. The fourth-order valence-corrected chi connectivity index (χ4v) is 12.4. The van der Waals surface area contributed by atoms with Gasteiger partial charge in [0, 0.05) is 18.3 Å². The van der Waals surface area contributed by atoms with Crippen molar-refractivity contribution < 1.29 is 49.0 Å². The number of ketones is 1. The molecule has 264 valence electrons. The molecule has 0 aromatic heterocycles. The highest BCUT2D eigenvalue weighted by atomic mass is 16.7. The van der Waals surface area contributed by atoms with Crippen LogP contribution in [0.1, 0.15) is 100 Å². The Kier molecular flexibility index (Phi) is 7.65. The molecule has 0 amide bonds. The molecule has 2 aliphatic heterocycles. The fraction of sp³-hybridized carbons (Fsp3) is 0.892. The van der Waals surface area contributed by atoms with Crippen LogP contribution >= 0.6 is 0 Å². The van der Waals surface area contributed by atoms with Crippen LogP contribution in [0, 0.1) is 44.8 Å². The predicted octanol–water partition coefficient (Wildman–Crippen LogP) is 3.45. The first-order chi connectivity index (χ1) is 21.8. The summed E-state index contributed by atoms with van der Waals surface area (Å²) in [4.78, 5) is 26.3. The van der Waals surface area contributed by atoms with Crippen molar-refractivity contribution >= 4 is 11.8 Å². The SMILES string of the molecule is CC(=O)O[C@H](C[C@@H](C)[C@H]1C(=O)[C@H](O)[C@@]2(C)C3=CCC4C(C)(C)[C@@H](O[C@@H]5OC[C@H](O)[C@H](O)[C@H]5O)CC[C@@]45C[C@@]35CC[C@]12C)[C@@H]1OC1(C)C. The molecule has 7 rings (SSSR count). The summed E-state index contributed by atoms with van der Waals surface area (Å²) in [5.74, 6) is -0.632. The molecule has 47 heavy (non-hydrogen) atoms. The number of fused-ring (bicyclic) bond motifs is 2. The first kappa shape index (κ1) is 34.1. The minimum atomic E-state index is -1.32. The summed E-state index contributed by atoms with van der Waals surface area (Å²) in [5, 5.41) is 42.7. The molecular weight excluding hydrogens is 604 g/mol. The number of carbonyl (C=O) groups is 2. The van der Waals surface area contributed by atoms with E-state index in [-0.39, 0.29) is 64.2 Å². The topological polar surface area (TPSA) is 155 Å². The minimum Gasteiger partial charge on any atom is -0.460 e. The second kappa shape index (κ2) is 10.6. The van der Waals surface area contributed by atoms with E-state index in [0.29, 0.717) is 12.3 Å². The van der Waals surface area contributed by atoms with Gasteiger partial charge >= 0.3 is 5.97 Å². The maximum absolute atomic E-state index is 14.2. The molecule has 0 bridgehead atoms. The Morgan fingerprint density at radius 1 is 1.04 bits per heavy atom. The van der Waals surface area contributed by atoms with Gasteiger partial charge in [0.2, 0.25) is 0 Å². The Bertz CT molecular complexity index is 1360. The first-order valence-electron chi connectivity index (χ1n) is 17.9. The zero-order chi connectivity index (χ0) is 34.3. The van der Waals surface area contributed by atoms with E-state index in [0.717, 1.165) is 38.5 Å². The Labute approximate surface area is 278 Å². The number of Topliss-reactive ketones (excluding diaryl/α,β-unsaturated/α-hetero) is 1. The van der Waals surface area contributed by atoms with Crippen LogP contribution in [0.15, 0.2) is 11.6 Å². The van der Waals surface area contributed by atoms with Crippen LogP contribution in [-0.2, 0) is 28.5 Å². The summed E-state index contributed by atoms with van der Waals surface area (Å²) < 4.78 is 23.7. The van der Waals surface area contributed by atoms with Gasteiger partial charge in [-0.05, 0) is 92.3 Å². The average molecular weight is 661 g/mol. The van der Waals surface area contributed by atoms with Gasteiger partial charge in [-0.25, -0.2) is 0 Å². The molecule has 2 saturated heterocycles. The lowest BCUT2D eigenvalue weighted by Gasteiger charge is -2.60. The van der Waals surface area contributed by atoms with E-state index in [1.54, 1.807) is 0 Å². The lowest BCUT2D eigenvalue weighted by atomic mass is 9.44. The second-order valence-corrected chi connectivity index (χ2v) is 18.0. The molecule has 1 unspecified atom stereocenters. The number of esters is 1. The van der Waals surface area contributed by atoms with Crippen molar-refractivity contribution in [3.8, 4) is 0 Å². The molecule has 6 fully saturated rings. The number of carbonyl (C=O) groups excluding carboxylic acids is 2. The molecule has 2 heterocycles. The minimum absolute atomic E-state index is 0.0499. The lowest BCUT2D eigenvalue weighted by molar-refractivity contribution is -0.300. The van der Waals surface area contributed by atoms with Crippen molar-refractivity contribution in [1.29, 1.82) is 0 Å². The third-order valence-corrected chi connectivity index (χ3v) is 15.0. The lowest BCUT2D eigenvalue weighted by Crippen LogP contribution is -2.58. The number of rotatable bonds is 7. The van der Waals surface area contributed by atoms with Crippen LogP contribution in [0.2, 0.25) is 0 Å². The van der Waals surface area contributed by atoms with Crippen molar-refractivity contribution in [1.82, 2.24) is 0 Å². The van der Waals surface area contributed by atoms with Crippen LogP contribution in [0.3, 0.4) is 0 Å². The maximum atomic E-state index is 14.2. The Hall–Kier alpha value is -1.40. The summed E-state index contributed by atoms with van der Waals surface area (Å²) in [6, 6.07) is 0. The fourth-order valence-electron chi connectivity index (χ4n) is 12.4. The largest absolute Gasteiger partial charge is 0.460 e. The normalized spacial score (nSPS) is 51.8. The molecule has 0 radical (unpaired) electrons. The first-order valence-corrected chi connectivity index (χ1v) is 17.9. The van der Waals surface area contributed by atoms with Crippen molar-refractivity contribution in [3.05, 3.63) is 11.6 Å². The highest BCUT2D eigenvalue weighted by Crippen LogP contribution is 2.87.